The molecule has 0 saturated heterocycles. The quantitative estimate of drug-likeness (QED) is 0.634. The second-order valence-corrected chi connectivity index (χ2v) is 5.76. The number of para-hydroxylation sites is 1. The van der Waals surface area contributed by atoms with E-state index in [0.29, 0.717) is 6.61 Å². The molecular weight excluding hydrogens is 314 g/mol. The molecule has 132 valence electrons. The van der Waals surface area contributed by atoms with Crippen LogP contribution in [-0.4, -0.2) is 19.8 Å². The standard InChI is InChI=1S/C21H25NO3/c1-17(19-13-6-7-14-20(19)22-21(23)24-2)10-8-9-15-25-16-18-11-4-3-5-12-18/h3-7,11-14H,1,8-10,15-16H2,2H3,(H,22,23). The lowest BCUT2D eigenvalue weighted by Crippen LogP contribution is -2.12. The molecular formula is C21H25NO3. The molecule has 0 bridgehead atoms. The largest absolute Gasteiger partial charge is 0.453 e. The Morgan fingerprint density at radius 1 is 1.04 bits per heavy atom. The third-order valence-corrected chi connectivity index (χ3v) is 3.86. The van der Waals surface area contributed by atoms with E-state index in [4.69, 9.17) is 4.74 Å². The van der Waals surface area contributed by atoms with Gasteiger partial charge in [0.2, 0.25) is 0 Å². The number of anilines is 1. The van der Waals surface area contributed by atoms with Crippen molar-refractivity contribution in [3.63, 3.8) is 0 Å². The van der Waals surface area contributed by atoms with Crippen LogP contribution < -0.4 is 5.32 Å². The highest BCUT2D eigenvalue weighted by molar-refractivity contribution is 5.89. The molecule has 0 aliphatic carbocycles. The van der Waals surface area contributed by atoms with Crippen LogP contribution in [0.4, 0.5) is 10.5 Å². The van der Waals surface area contributed by atoms with Gasteiger partial charge < -0.3 is 9.47 Å². The minimum Gasteiger partial charge on any atom is -0.453 e. The predicted octanol–water partition coefficient (Wildman–Crippen LogP) is 5.27. The highest BCUT2D eigenvalue weighted by atomic mass is 16.5. The van der Waals surface area contributed by atoms with Gasteiger partial charge in [0.1, 0.15) is 0 Å². The van der Waals surface area contributed by atoms with Gasteiger partial charge in [0.05, 0.1) is 19.4 Å². The zero-order chi connectivity index (χ0) is 17.9. The summed E-state index contributed by atoms with van der Waals surface area (Å²) in [6.07, 6.45) is 2.34. The Bertz CT molecular complexity index is 683. The minimum atomic E-state index is -0.477. The van der Waals surface area contributed by atoms with Crippen molar-refractivity contribution < 1.29 is 14.3 Å². The van der Waals surface area contributed by atoms with Gasteiger partial charge in [0.15, 0.2) is 0 Å². The van der Waals surface area contributed by atoms with Crippen LogP contribution in [0.3, 0.4) is 0 Å². The Labute approximate surface area is 149 Å². The minimum absolute atomic E-state index is 0.477. The summed E-state index contributed by atoms with van der Waals surface area (Å²) < 4.78 is 10.3. The molecule has 0 fully saturated rings. The highest BCUT2D eigenvalue weighted by Crippen LogP contribution is 2.26. The third kappa shape index (κ3) is 6.43. The van der Waals surface area contributed by atoms with E-state index in [0.717, 1.165) is 42.7 Å². The molecule has 1 N–H and O–H groups in total. The van der Waals surface area contributed by atoms with E-state index in [2.05, 4.69) is 28.8 Å². The molecule has 4 nitrogen and oxygen atoms in total. The first-order chi connectivity index (χ1) is 12.2. The zero-order valence-electron chi connectivity index (χ0n) is 14.7. The molecule has 1 amide bonds. The number of nitrogens with one attached hydrogen (secondary N) is 1. The molecule has 0 heterocycles. The van der Waals surface area contributed by atoms with Crippen molar-refractivity contribution in [3.05, 3.63) is 72.3 Å². The number of rotatable bonds is 9. The van der Waals surface area contributed by atoms with E-state index in [1.54, 1.807) is 0 Å². The topological polar surface area (TPSA) is 47.6 Å². The van der Waals surface area contributed by atoms with Gasteiger partial charge in [-0.05, 0) is 36.5 Å². The number of amides is 1. The first-order valence-corrected chi connectivity index (χ1v) is 8.44. The maximum Gasteiger partial charge on any atom is 0.411 e. The van der Waals surface area contributed by atoms with Crippen LogP contribution in [0.15, 0.2) is 61.2 Å². The number of carbonyl (C=O) groups excluding carboxylic acids is 1. The van der Waals surface area contributed by atoms with Crippen molar-refractivity contribution in [2.75, 3.05) is 19.0 Å². The maximum atomic E-state index is 11.4. The first kappa shape index (κ1) is 18.7. The maximum absolute atomic E-state index is 11.4. The second kappa shape index (κ2) is 10.3. The normalized spacial score (nSPS) is 10.3. The smallest absolute Gasteiger partial charge is 0.411 e. The SMILES string of the molecule is C=C(CCCCOCc1ccccc1)c1ccccc1NC(=O)OC. The average molecular weight is 339 g/mol. The fourth-order valence-corrected chi connectivity index (χ4v) is 2.50. The Balaban J connectivity index is 1.72. The van der Waals surface area contributed by atoms with E-state index in [9.17, 15) is 4.79 Å². The molecule has 0 aliphatic heterocycles. The third-order valence-electron chi connectivity index (χ3n) is 3.86. The highest BCUT2D eigenvalue weighted by Gasteiger charge is 2.08. The van der Waals surface area contributed by atoms with Crippen molar-refractivity contribution in [2.24, 2.45) is 0 Å². The van der Waals surface area contributed by atoms with E-state index in [1.165, 1.54) is 12.7 Å². The monoisotopic (exact) mass is 339 g/mol. The van der Waals surface area contributed by atoms with Crippen molar-refractivity contribution in [1.29, 1.82) is 0 Å². The summed E-state index contributed by atoms with van der Waals surface area (Å²) in [5.41, 5.74) is 3.85. The number of methoxy groups -OCH3 is 1. The number of hydrogen-bond acceptors (Lipinski definition) is 3. The Morgan fingerprint density at radius 3 is 2.52 bits per heavy atom. The number of unbranched alkanes of at least 4 members (excludes halogenated alkanes) is 1. The van der Waals surface area contributed by atoms with Gasteiger partial charge in [0.25, 0.3) is 0 Å². The summed E-state index contributed by atoms with van der Waals surface area (Å²) in [6.45, 7) is 5.52. The molecule has 0 radical (unpaired) electrons. The summed E-state index contributed by atoms with van der Waals surface area (Å²) in [4.78, 5) is 11.4. The van der Waals surface area contributed by atoms with Crippen LogP contribution in [0.2, 0.25) is 0 Å². The molecule has 0 spiro atoms. The van der Waals surface area contributed by atoms with E-state index in [-0.39, 0.29) is 0 Å². The van der Waals surface area contributed by atoms with Gasteiger partial charge in [-0.15, -0.1) is 0 Å². The van der Waals surface area contributed by atoms with Gasteiger partial charge in [-0.2, -0.15) is 0 Å². The molecule has 0 aromatic heterocycles. The molecule has 0 atom stereocenters. The summed E-state index contributed by atoms with van der Waals surface area (Å²) in [6, 6.07) is 17.8. The van der Waals surface area contributed by atoms with Crippen molar-refractivity contribution >= 4 is 17.4 Å². The molecule has 4 heteroatoms. The molecule has 2 aromatic rings. The van der Waals surface area contributed by atoms with E-state index >= 15 is 0 Å². The fraction of sp³-hybridized carbons (Fsp3) is 0.286. The van der Waals surface area contributed by atoms with Gasteiger partial charge in [-0.25, -0.2) is 4.79 Å². The summed E-state index contributed by atoms with van der Waals surface area (Å²) >= 11 is 0. The van der Waals surface area contributed by atoms with Gasteiger partial charge in [0, 0.05) is 12.2 Å². The lowest BCUT2D eigenvalue weighted by molar-refractivity contribution is 0.117. The fourth-order valence-electron chi connectivity index (χ4n) is 2.50. The molecule has 0 saturated carbocycles. The number of benzene rings is 2. The predicted molar refractivity (Wildman–Crippen MR) is 101 cm³/mol. The summed E-state index contributed by atoms with van der Waals surface area (Å²) in [5, 5.41) is 2.72. The molecule has 25 heavy (non-hydrogen) atoms. The lowest BCUT2D eigenvalue weighted by Gasteiger charge is -2.12. The van der Waals surface area contributed by atoms with E-state index in [1.807, 2.05) is 42.5 Å². The molecule has 0 aliphatic rings. The Hall–Kier alpha value is -2.59. The van der Waals surface area contributed by atoms with Gasteiger partial charge in [-0.3, -0.25) is 5.32 Å². The molecule has 2 aromatic carbocycles. The van der Waals surface area contributed by atoms with Crippen LogP contribution in [0.25, 0.3) is 5.57 Å². The number of carbonyl (C=O) groups is 1. The van der Waals surface area contributed by atoms with Crippen LogP contribution in [0, 0.1) is 0 Å². The van der Waals surface area contributed by atoms with Crippen molar-refractivity contribution in [3.8, 4) is 0 Å². The lowest BCUT2D eigenvalue weighted by atomic mass is 10.00. The zero-order valence-corrected chi connectivity index (χ0v) is 14.7. The van der Waals surface area contributed by atoms with Gasteiger partial charge >= 0.3 is 6.09 Å². The average Bonchev–Trinajstić information content (AvgIpc) is 2.65. The molecule has 2 rings (SSSR count). The van der Waals surface area contributed by atoms with Gasteiger partial charge in [-0.1, -0.05) is 55.1 Å². The molecule has 0 unspecified atom stereocenters. The number of allylic oxidation sites excluding steroid dienone is 1. The van der Waals surface area contributed by atoms with Crippen LogP contribution in [0.5, 0.6) is 0 Å². The second-order valence-electron chi connectivity index (χ2n) is 5.76. The summed E-state index contributed by atoms with van der Waals surface area (Å²) in [7, 11) is 1.35. The number of hydrogen-bond donors (Lipinski definition) is 1. The summed E-state index contributed by atoms with van der Waals surface area (Å²) in [5.74, 6) is 0. The van der Waals surface area contributed by atoms with Crippen LogP contribution in [-0.2, 0) is 16.1 Å². The Morgan fingerprint density at radius 2 is 1.76 bits per heavy atom. The van der Waals surface area contributed by atoms with Crippen molar-refractivity contribution in [1.82, 2.24) is 0 Å². The first-order valence-electron chi connectivity index (χ1n) is 8.44. The number of ether oxygens (including phenoxy) is 2. The Kier molecular flexibility index (Phi) is 7.73. The van der Waals surface area contributed by atoms with Crippen LogP contribution in [0.1, 0.15) is 30.4 Å². The van der Waals surface area contributed by atoms with Crippen LogP contribution >= 0.6 is 0 Å². The van der Waals surface area contributed by atoms with Crippen molar-refractivity contribution in [2.45, 2.75) is 25.9 Å². The van der Waals surface area contributed by atoms with E-state index < -0.39 is 6.09 Å².